The van der Waals surface area contributed by atoms with Gasteiger partial charge in [-0.1, -0.05) is 27.7 Å². The first-order valence-corrected chi connectivity index (χ1v) is 6.83. The van der Waals surface area contributed by atoms with E-state index in [9.17, 15) is 9.59 Å². The molecule has 0 aromatic carbocycles. The first-order valence-electron chi connectivity index (χ1n) is 6.83. The first-order chi connectivity index (χ1) is 8.48. The smallest absolute Gasteiger partial charge is 0.313 e. The second-order valence-electron chi connectivity index (χ2n) is 7.23. The van der Waals surface area contributed by atoms with Crippen molar-refractivity contribution in [1.82, 2.24) is 5.32 Å². The van der Waals surface area contributed by atoms with Crippen LogP contribution in [0.4, 0.5) is 0 Å². The molecule has 0 aliphatic carbocycles. The summed E-state index contributed by atoms with van der Waals surface area (Å²) in [5.41, 5.74) is -0.456. The number of amides is 1. The highest BCUT2D eigenvalue weighted by Crippen LogP contribution is 2.25. The molecule has 0 aliphatic rings. The van der Waals surface area contributed by atoms with Gasteiger partial charge in [0.1, 0.15) is 0 Å². The van der Waals surface area contributed by atoms with E-state index in [4.69, 9.17) is 4.74 Å². The molecule has 0 heterocycles. The molecule has 0 saturated heterocycles. The summed E-state index contributed by atoms with van der Waals surface area (Å²) < 4.78 is 4.70. The Hall–Kier alpha value is -1.06. The fourth-order valence-corrected chi connectivity index (χ4v) is 2.17. The Morgan fingerprint density at radius 2 is 1.68 bits per heavy atom. The zero-order chi connectivity index (χ0) is 15.3. The maximum absolute atomic E-state index is 11.8. The first kappa shape index (κ1) is 17.9. The summed E-state index contributed by atoms with van der Waals surface area (Å²) >= 11 is 0. The highest BCUT2D eigenvalue weighted by Gasteiger charge is 2.29. The summed E-state index contributed by atoms with van der Waals surface area (Å²) in [6, 6.07) is 0. The maximum Gasteiger partial charge on any atom is 0.313 e. The third-order valence-corrected chi connectivity index (χ3v) is 2.96. The molecule has 0 aromatic heterocycles. The van der Waals surface area contributed by atoms with E-state index in [1.165, 1.54) is 7.11 Å². The number of ether oxygens (including phenoxy) is 1. The Bertz CT molecular complexity index is 316. The van der Waals surface area contributed by atoms with E-state index >= 15 is 0 Å². The largest absolute Gasteiger partial charge is 0.469 e. The molecule has 4 nitrogen and oxygen atoms in total. The van der Waals surface area contributed by atoms with Gasteiger partial charge in [0, 0.05) is 13.0 Å². The molecule has 0 rings (SSSR count). The summed E-state index contributed by atoms with van der Waals surface area (Å²) in [6.07, 6.45) is 1.50. The molecule has 0 aromatic rings. The van der Waals surface area contributed by atoms with Gasteiger partial charge >= 0.3 is 5.97 Å². The van der Waals surface area contributed by atoms with Gasteiger partial charge in [0.05, 0.1) is 12.5 Å². The minimum atomic E-state index is -0.683. The second kappa shape index (κ2) is 6.92. The second-order valence-corrected chi connectivity index (χ2v) is 7.23. The third-order valence-electron chi connectivity index (χ3n) is 2.96. The van der Waals surface area contributed by atoms with Gasteiger partial charge in [-0.15, -0.1) is 0 Å². The van der Waals surface area contributed by atoms with Crippen molar-refractivity contribution in [2.24, 2.45) is 16.7 Å². The van der Waals surface area contributed by atoms with Gasteiger partial charge in [0.25, 0.3) is 0 Å². The van der Waals surface area contributed by atoms with E-state index in [2.05, 4.69) is 33.0 Å². The van der Waals surface area contributed by atoms with Gasteiger partial charge < -0.3 is 10.1 Å². The van der Waals surface area contributed by atoms with Crippen molar-refractivity contribution in [3.05, 3.63) is 0 Å². The predicted molar refractivity (Wildman–Crippen MR) is 76.7 cm³/mol. The van der Waals surface area contributed by atoms with Crippen LogP contribution in [0.5, 0.6) is 0 Å². The zero-order valence-corrected chi connectivity index (χ0v) is 13.4. The van der Waals surface area contributed by atoms with Crippen molar-refractivity contribution in [3.63, 3.8) is 0 Å². The molecule has 0 bridgehead atoms. The van der Waals surface area contributed by atoms with Crippen molar-refractivity contribution >= 4 is 11.9 Å². The van der Waals surface area contributed by atoms with E-state index in [1.54, 1.807) is 13.8 Å². The van der Waals surface area contributed by atoms with Crippen LogP contribution in [0.15, 0.2) is 0 Å². The van der Waals surface area contributed by atoms with Gasteiger partial charge in [-0.3, -0.25) is 9.59 Å². The van der Waals surface area contributed by atoms with Crippen molar-refractivity contribution in [2.75, 3.05) is 13.7 Å². The minimum Gasteiger partial charge on any atom is -0.469 e. The van der Waals surface area contributed by atoms with E-state index in [1.807, 2.05) is 0 Å². The molecule has 0 spiro atoms. The van der Waals surface area contributed by atoms with Crippen molar-refractivity contribution in [1.29, 1.82) is 0 Å². The SMILES string of the molecule is COC(=O)C(C)(C)CNC(=O)CC(C)CC(C)(C)C. The Balaban J connectivity index is 4.16. The lowest BCUT2D eigenvalue weighted by Gasteiger charge is -2.24. The van der Waals surface area contributed by atoms with Crippen LogP contribution in [0.3, 0.4) is 0 Å². The molecular formula is C15H29NO3. The molecule has 1 unspecified atom stereocenters. The van der Waals surface area contributed by atoms with Gasteiger partial charge in [-0.05, 0) is 31.6 Å². The summed E-state index contributed by atoms with van der Waals surface area (Å²) in [6.45, 7) is 12.4. The van der Waals surface area contributed by atoms with E-state index in [0.29, 0.717) is 18.9 Å². The Labute approximate surface area is 117 Å². The lowest BCUT2D eigenvalue weighted by molar-refractivity contribution is -0.150. The van der Waals surface area contributed by atoms with Gasteiger partial charge in [0.15, 0.2) is 0 Å². The van der Waals surface area contributed by atoms with E-state index < -0.39 is 5.41 Å². The lowest BCUT2D eigenvalue weighted by atomic mass is 9.84. The quantitative estimate of drug-likeness (QED) is 0.756. The summed E-state index contributed by atoms with van der Waals surface area (Å²) in [5, 5.41) is 2.82. The highest BCUT2D eigenvalue weighted by atomic mass is 16.5. The Kier molecular flexibility index (Phi) is 6.53. The molecule has 0 aliphatic heterocycles. The average molecular weight is 271 g/mol. The average Bonchev–Trinajstić information content (AvgIpc) is 2.22. The number of carbonyl (C=O) groups excluding carboxylic acids is 2. The molecular weight excluding hydrogens is 242 g/mol. The Morgan fingerprint density at radius 1 is 1.16 bits per heavy atom. The fourth-order valence-electron chi connectivity index (χ4n) is 2.17. The number of esters is 1. The predicted octanol–water partition coefficient (Wildman–Crippen LogP) is 2.76. The van der Waals surface area contributed by atoms with Crippen LogP contribution in [0.2, 0.25) is 0 Å². The van der Waals surface area contributed by atoms with Crippen LogP contribution >= 0.6 is 0 Å². The number of carbonyl (C=O) groups is 2. The molecule has 1 N–H and O–H groups in total. The molecule has 1 atom stereocenters. The van der Waals surface area contributed by atoms with Crippen molar-refractivity contribution < 1.29 is 14.3 Å². The lowest BCUT2D eigenvalue weighted by Crippen LogP contribution is -2.40. The maximum atomic E-state index is 11.8. The molecule has 1 amide bonds. The van der Waals surface area contributed by atoms with Crippen molar-refractivity contribution in [2.45, 2.75) is 54.4 Å². The van der Waals surface area contributed by atoms with Crippen LogP contribution in [-0.4, -0.2) is 25.5 Å². The number of methoxy groups -OCH3 is 1. The van der Waals surface area contributed by atoms with E-state index in [-0.39, 0.29) is 17.3 Å². The number of hydrogen-bond acceptors (Lipinski definition) is 3. The molecule has 0 saturated carbocycles. The zero-order valence-electron chi connectivity index (χ0n) is 13.4. The van der Waals surface area contributed by atoms with Crippen LogP contribution in [0.1, 0.15) is 54.4 Å². The fraction of sp³-hybridized carbons (Fsp3) is 0.867. The molecule has 4 heteroatoms. The minimum absolute atomic E-state index is 0.00581. The topological polar surface area (TPSA) is 55.4 Å². The van der Waals surface area contributed by atoms with Crippen molar-refractivity contribution in [3.8, 4) is 0 Å². The normalized spacial score (nSPS) is 13.8. The molecule has 0 fully saturated rings. The van der Waals surface area contributed by atoms with Gasteiger partial charge in [0.2, 0.25) is 5.91 Å². The summed E-state index contributed by atoms with van der Waals surface area (Å²) in [4.78, 5) is 23.3. The van der Waals surface area contributed by atoms with Crippen LogP contribution in [-0.2, 0) is 14.3 Å². The standard InChI is InChI=1S/C15H29NO3/c1-11(9-14(2,3)4)8-12(17)16-10-15(5,6)13(18)19-7/h11H,8-10H2,1-7H3,(H,16,17). The highest BCUT2D eigenvalue weighted by molar-refractivity contribution is 5.79. The third kappa shape index (κ3) is 7.85. The Morgan fingerprint density at radius 3 is 2.11 bits per heavy atom. The molecule has 19 heavy (non-hydrogen) atoms. The summed E-state index contributed by atoms with van der Waals surface area (Å²) in [5.74, 6) is 0.0190. The molecule has 112 valence electrons. The number of hydrogen-bond donors (Lipinski definition) is 1. The van der Waals surface area contributed by atoms with Crippen LogP contribution in [0, 0.1) is 16.7 Å². The van der Waals surface area contributed by atoms with E-state index in [0.717, 1.165) is 6.42 Å². The summed E-state index contributed by atoms with van der Waals surface area (Å²) in [7, 11) is 1.36. The van der Waals surface area contributed by atoms with Gasteiger partial charge in [-0.2, -0.15) is 0 Å². The number of nitrogens with one attached hydrogen (secondary N) is 1. The van der Waals surface area contributed by atoms with Crippen LogP contribution in [0.25, 0.3) is 0 Å². The number of rotatable bonds is 6. The monoisotopic (exact) mass is 271 g/mol. The van der Waals surface area contributed by atoms with Crippen LogP contribution < -0.4 is 5.32 Å². The van der Waals surface area contributed by atoms with Gasteiger partial charge in [-0.25, -0.2) is 0 Å². The molecule has 0 radical (unpaired) electrons.